The topological polar surface area (TPSA) is 90.9 Å². The van der Waals surface area contributed by atoms with Gasteiger partial charge in [-0.2, -0.15) is 0 Å². The number of benzene rings is 1. The molecule has 1 aliphatic rings. The highest BCUT2D eigenvalue weighted by Crippen LogP contribution is 2.36. The molecule has 1 unspecified atom stereocenters. The van der Waals surface area contributed by atoms with Crippen LogP contribution in [-0.2, 0) is 28.9 Å². The molecule has 1 aromatic rings. The number of halogens is 2. The highest BCUT2D eigenvalue weighted by atomic mass is 32.2. The molecule has 0 radical (unpaired) electrons. The predicted octanol–water partition coefficient (Wildman–Crippen LogP) is 2.52. The van der Waals surface area contributed by atoms with E-state index in [0.29, 0.717) is 25.3 Å². The number of sulfonamides is 1. The number of carbonyl (C=O) groups is 1. The van der Waals surface area contributed by atoms with Crippen molar-refractivity contribution < 1.29 is 36.0 Å². The van der Waals surface area contributed by atoms with E-state index in [1.807, 2.05) is 0 Å². The Morgan fingerprint density at radius 2 is 1.71 bits per heavy atom. The Morgan fingerprint density at radius 3 is 2.26 bits per heavy atom. The molecule has 0 amide bonds. The van der Waals surface area contributed by atoms with Gasteiger partial charge >= 0.3 is 13.1 Å². The van der Waals surface area contributed by atoms with Crippen LogP contribution in [0.15, 0.2) is 17.0 Å². The van der Waals surface area contributed by atoms with Gasteiger partial charge in [0, 0.05) is 12.0 Å². The van der Waals surface area contributed by atoms with Gasteiger partial charge in [0.25, 0.3) is 0 Å². The molecule has 1 N–H and O–H groups in total. The molecule has 174 valence electrons. The van der Waals surface area contributed by atoms with Crippen molar-refractivity contribution in [3.63, 3.8) is 0 Å². The highest BCUT2D eigenvalue weighted by Gasteiger charge is 2.52. The molecule has 0 bridgehead atoms. The summed E-state index contributed by atoms with van der Waals surface area (Å²) in [5.74, 6) is -2.67. The van der Waals surface area contributed by atoms with Gasteiger partial charge in [0.15, 0.2) is 0 Å². The SMILES string of the molecule is COC(=O)C(C)CCCCNS(=O)(=O)c1cc(F)c(B2OC(C)(C)C(C)(C)O2)cc1F. The fourth-order valence-electron chi connectivity index (χ4n) is 3.08. The molecule has 31 heavy (non-hydrogen) atoms. The zero-order chi connectivity index (χ0) is 23.6. The van der Waals surface area contributed by atoms with Crippen molar-refractivity contribution in [3.05, 3.63) is 23.8 Å². The monoisotopic (exact) mass is 461 g/mol. The zero-order valence-corrected chi connectivity index (χ0v) is 19.6. The Labute approximate surface area is 183 Å². The molecule has 11 heteroatoms. The lowest BCUT2D eigenvalue weighted by Crippen LogP contribution is -2.41. The number of ether oxygens (including phenoxy) is 1. The van der Waals surface area contributed by atoms with Gasteiger partial charge < -0.3 is 14.0 Å². The van der Waals surface area contributed by atoms with E-state index in [9.17, 15) is 22.0 Å². The Bertz CT molecular complexity index is 906. The summed E-state index contributed by atoms with van der Waals surface area (Å²) < 4.78 is 72.5. The molecular weight excluding hydrogens is 431 g/mol. The second-order valence-electron chi connectivity index (χ2n) is 8.71. The van der Waals surface area contributed by atoms with Crippen molar-refractivity contribution >= 4 is 28.6 Å². The molecule has 1 aliphatic heterocycles. The number of hydrogen-bond acceptors (Lipinski definition) is 6. The number of carbonyl (C=O) groups excluding carboxylic acids is 1. The predicted molar refractivity (Wildman–Crippen MR) is 112 cm³/mol. The molecule has 2 rings (SSSR count). The summed E-state index contributed by atoms with van der Waals surface area (Å²) in [6.07, 6.45) is 1.52. The number of hydrogen-bond donors (Lipinski definition) is 1. The van der Waals surface area contributed by atoms with Crippen LogP contribution in [0.25, 0.3) is 0 Å². The summed E-state index contributed by atoms with van der Waals surface area (Å²) in [6, 6.07) is 1.43. The van der Waals surface area contributed by atoms with Crippen LogP contribution in [0.5, 0.6) is 0 Å². The molecule has 1 fully saturated rings. The minimum atomic E-state index is -4.26. The Hall–Kier alpha value is -1.56. The average molecular weight is 461 g/mol. The average Bonchev–Trinajstić information content (AvgIpc) is 2.89. The van der Waals surface area contributed by atoms with E-state index in [1.165, 1.54) is 7.11 Å². The minimum absolute atomic E-state index is 0.0241. The maximum atomic E-state index is 14.7. The first-order valence-corrected chi connectivity index (χ1v) is 11.6. The second kappa shape index (κ2) is 9.52. The summed E-state index contributed by atoms with van der Waals surface area (Å²) in [4.78, 5) is 10.6. The Morgan fingerprint density at radius 1 is 1.13 bits per heavy atom. The fraction of sp³-hybridized carbons (Fsp3) is 0.650. The van der Waals surface area contributed by atoms with Crippen molar-refractivity contribution in [1.82, 2.24) is 4.72 Å². The molecule has 1 heterocycles. The first-order chi connectivity index (χ1) is 14.2. The van der Waals surface area contributed by atoms with Crippen molar-refractivity contribution in [1.29, 1.82) is 0 Å². The maximum Gasteiger partial charge on any atom is 0.497 e. The van der Waals surface area contributed by atoms with Gasteiger partial charge in [-0.3, -0.25) is 4.79 Å². The molecule has 1 atom stereocenters. The van der Waals surface area contributed by atoms with Gasteiger partial charge in [0.1, 0.15) is 16.5 Å². The van der Waals surface area contributed by atoms with E-state index in [2.05, 4.69) is 9.46 Å². The van der Waals surface area contributed by atoms with E-state index in [-0.39, 0.29) is 23.9 Å². The fourth-order valence-corrected chi connectivity index (χ4v) is 4.22. The largest absolute Gasteiger partial charge is 0.497 e. The second-order valence-corrected chi connectivity index (χ2v) is 10.4. The Kier molecular flexibility index (Phi) is 7.89. The lowest BCUT2D eigenvalue weighted by molar-refractivity contribution is -0.145. The third-order valence-electron chi connectivity index (χ3n) is 5.81. The number of unbranched alkanes of at least 4 members (excludes halogenated alkanes) is 1. The number of esters is 1. The normalized spacial score (nSPS) is 18.8. The molecule has 1 aromatic carbocycles. The summed E-state index contributed by atoms with van der Waals surface area (Å²) in [5, 5.41) is 0. The third-order valence-corrected chi connectivity index (χ3v) is 7.28. The molecule has 7 nitrogen and oxygen atoms in total. The number of methoxy groups -OCH3 is 1. The lowest BCUT2D eigenvalue weighted by atomic mass is 9.78. The van der Waals surface area contributed by atoms with E-state index >= 15 is 0 Å². The van der Waals surface area contributed by atoms with Gasteiger partial charge in [-0.05, 0) is 52.7 Å². The Balaban J connectivity index is 2.05. The van der Waals surface area contributed by atoms with Gasteiger partial charge in [0.05, 0.1) is 24.2 Å². The van der Waals surface area contributed by atoms with E-state index in [1.54, 1.807) is 34.6 Å². The van der Waals surface area contributed by atoms with Crippen molar-refractivity contribution in [2.24, 2.45) is 5.92 Å². The maximum absolute atomic E-state index is 14.7. The molecule has 0 saturated carbocycles. The third kappa shape index (κ3) is 5.82. The van der Waals surface area contributed by atoms with Crippen molar-refractivity contribution in [3.8, 4) is 0 Å². The van der Waals surface area contributed by atoms with Gasteiger partial charge in [-0.25, -0.2) is 21.9 Å². The zero-order valence-electron chi connectivity index (χ0n) is 18.8. The van der Waals surface area contributed by atoms with Crippen LogP contribution in [0.3, 0.4) is 0 Å². The number of rotatable bonds is 9. The smallest absolute Gasteiger partial charge is 0.469 e. The first-order valence-electron chi connectivity index (χ1n) is 10.1. The standard InChI is InChI=1S/C20H30BF2NO6S/c1-13(18(25)28-6)9-7-8-10-24-31(26,27)17-12-15(22)14(11-16(17)23)21-29-19(2,3)20(4,5)30-21/h11-13,24H,7-10H2,1-6H3. The molecule has 0 aliphatic carbocycles. The van der Waals surface area contributed by atoms with Crippen LogP contribution in [-0.4, -0.2) is 46.4 Å². The summed E-state index contributed by atoms with van der Waals surface area (Å²) >= 11 is 0. The van der Waals surface area contributed by atoms with Crippen LogP contribution in [0.4, 0.5) is 8.78 Å². The number of nitrogens with one attached hydrogen (secondary N) is 1. The van der Waals surface area contributed by atoms with E-state index < -0.39 is 44.9 Å². The highest BCUT2D eigenvalue weighted by molar-refractivity contribution is 7.89. The van der Waals surface area contributed by atoms with Crippen LogP contribution >= 0.6 is 0 Å². The van der Waals surface area contributed by atoms with Crippen LogP contribution in [0.2, 0.25) is 0 Å². The first kappa shape index (κ1) is 25.7. The minimum Gasteiger partial charge on any atom is -0.469 e. The van der Waals surface area contributed by atoms with E-state index in [0.717, 1.165) is 6.07 Å². The van der Waals surface area contributed by atoms with Crippen molar-refractivity contribution in [2.75, 3.05) is 13.7 Å². The van der Waals surface area contributed by atoms with Crippen LogP contribution in [0, 0.1) is 17.6 Å². The summed E-state index contributed by atoms with van der Waals surface area (Å²) in [5.41, 5.74) is -1.71. The van der Waals surface area contributed by atoms with Gasteiger partial charge in [-0.15, -0.1) is 0 Å². The van der Waals surface area contributed by atoms with E-state index in [4.69, 9.17) is 9.31 Å². The van der Waals surface area contributed by atoms with Crippen LogP contribution < -0.4 is 10.2 Å². The van der Waals surface area contributed by atoms with Gasteiger partial charge in [0.2, 0.25) is 10.0 Å². The van der Waals surface area contributed by atoms with Crippen LogP contribution in [0.1, 0.15) is 53.9 Å². The summed E-state index contributed by atoms with van der Waals surface area (Å²) in [6.45, 7) is 8.84. The molecule has 1 saturated heterocycles. The molecular formula is C20H30BF2NO6S. The van der Waals surface area contributed by atoms with Gasteiger partial charge in [-0.1, -0.05) is 13.3 Å². The molecule has 0 aromatic heterocycles. The van der Waals surface area contributed by atoms with Crippen molar-refractivity contribution in [2.45, 2.75) is 70.0 Å². The lowest BCUT2D eigenvalue weighted by Gasteiger charge is -2.32. The quantitative estimate of drug-likeness (QED) is 0.345. The molecule has 0 spiro atoms. The summed E-state index contributed by atoms with van der Waals surface area (Å²) in [7, 11) is -4.11.